The van der Waals surface area contributed by atoms with Gasteiger partial charge in [0.15, 0.2) is 0 Å². The molecule has 1 aliphatic carbocycles. The first-order valence-electron chi connectivity index (χ1n) is 7.70. The van der Waals surface area contributed by atoms with E-state index in [1.54, 1.807) is 18.2 Å². The molecule has 1 aromatic carbocycles. The normalized spacial score (nSPS) is 20.1. The highest BCUT2D eigenvalue weighted by Crippen LogP contribution is 2.36. The number of imide groups is 1. The smallest absolute Gasteiger partial charge is 0.323 e. The Kier molecular flexibility index (Phi) is 3.10. The van der Waals surface area contributed by atoms with Gasteiger partial charge in [-0.15, -0.1) is 5.10 Å². The zero-order chi connectivity index (χ0) is 15.9. The van der Waals surface area contributed by atoms with E-state index in [-0.39, 0.29) is 11.9 Å². The molecule has 2 fully saturated rings. The third-order valence-corrected chi connectivity index (χ3v) is 4.57. The summed E-state index contributed by atoms with van der Waals surface area (Å²) in [5.41, 5.74) is 0.501. The average molecular weight is 312 g/mol. The van der Waals surface area contributed by atoms with E-state index < -0.39 is 5.54 Å². The zero-order valence-electron chi connectivity index (χ0n) is 12.5. The molecule has 1 aliphatic heterocycles. The van der Waals surface area contributed by atoms with Gasteiger partial charge in [-0.25, -0.2) is 14.4 Å². The second kappa shape index (κ2) is 5.15. The van der Waals surface area contributed by atoms with Crippen molar-refractivity contribution < 1.29 is 9.59 Å². The minimum absolute atomic E-state index is 0.156. The summed E-state index contributed by atoms with van der Waals surface area (Å²) in [6, 6.07) is 6.71. The number of rotatable bonds is 2. The van der Waals surface area contributed by atoms with E-state index in [1.165, 1.54) is 15.9 Å². The number of aromatic nitrogens is 4. The van der Waals surface area contributed by atoms with Gasteiger partial charge in [0.05, 0.1) is 11.4 Å². The summed E-state index contributed by atoms with van der Waals surface area (Å²) in [6.45, 7) is 0. The number of amides is 3. The van der Waals surface area contributed by atoms with Crippen LogP contribution in [0.15, 0.2) is 30.6 Å². The molecule has 1 spiro atoms. The van der Waals surface area contributed by atoms with Crippen LogP contribution in [0.25, 0.3) is 5.69 Å². The predicted octanol–water partition coefficient (Wildman–Crippen LogP) is 1.42. The van der Waals surface area contributed by atoms with E-state index in [1.807, 2.05) is 6.07 Å². The van der Waals surface area contributed by atoms with Crippen molar-refractivity contribution in [1.29, 1.82) is 0 Å². The van der Waals surface area contributed by atoms with Crippen molar-refractivity contribution in [2.24, 2.45) is 0 Å². The maximum Gasteiger partial charge on any atom is 0.329 e. The molecular formula is C15H16N6O2. The second-order valence-electron chi connectivity index (χ2n) is 5.99. The zero-order valence-corrected chi connectivity index (χ0v) is 12.5. The number of carbonyl (C=O) groups excluding carboxylic acids is 2. The van der Waals surface area contributed by atoms with Crippen LogP contribution in [0.2, 0.25) is 0 Å². The van der Waals surface area contributed by atoms with Gasteiger partial charge in [-0.05, 0) is 41.5 Å². The molecule has 0 unspecified atom stereocenters. The van der Waals surface area contributed by atoms with E-state index in [0.717, 1.165) is 19.3 Å². The minimum atomic E-state index is -0.722. The van der Waals surface area contributed by atoms with Gasteiger partial charge in [-0.1, -0.05) is 25.3 Å². The van der Waals surface area contributed by atoms with Gasteiger partial charge < -0.3 is 5.32 Å². The van der Waals surface area contributed by atoms with Gasteiger partial charge in [-0.2, -0.15) is 0 Å². The van der Waals surface area contributed by atoms with Crippen LogP contribution < -0.4 is 10.2 Å². The van der Waals surface area contributed by atoms with E-state index in [9.17, 15) is 9.59 Å². The molecule has 0 bridgehead atoms. The second-order valence-corrected chi connectivity index (χ2v) is 5.99. The molecule has 8 heteroatoms. The summed E-state index contributed by atoms with van der Waals surface area (Å²) in [5, 5.41) is 13.9. The van der Waals surface area contributed by atoms with Crippen molar-refractivity contribution in [3.05, 3.63) is 30.6 Å². The number of hydrogen-bond donors (Lipinski definition) is 1. The lowest BCUT2D eigenvalue weighted by Gasteiger charge is -2.30. The summed E-state index contributed by atoms with van der Waals surface area (Å²) in [6.07, 6.45) is 5.92. The van der Waals surface area contributed by atoms with E-state index >= 15 is 0 Å². The fraction of sp³-hybridized carbons (Fsp3) is 0.400. The molecule has 3 amide bonds. The molecule has 2 aliphatic rings. The molecular weight excluding hydrogens is 296 g/mol. The Bertz CT molecular complexity index is 751. The summed E-state index contributed by atoms with van der Waals surface area (Å²) in [7, 11) is 0. The maximum absolute atomic E-state index is 12.9. The number of nitrogens with zero attached hydrogens (tertiary/aromatic N) is 5. The number of urea groups is 1. The lowest BCUT2D eigenvalue weighted by molar-refractivity contribution is -0.123. The fourth-order valence-corrected chi connectivity index (χ4v) is 3.40. The molecule has 0 atom stereocenters. The summed E-state index contributed by atoms with van der Waals surface area (Å²) in [5.74, 6) is -0.156. The maximum atomic E-state index is 12.9. The van der Waals surface area contributed by atoms with Gasteiger partial charge >= 0.3 is 6.03 Å². The van der Waals surface area contributed by atoms with Crippen LogP contribution in [0.1, 0.15) is 32.1 Å². The molecule has 8 nitrogen and oxygen atoms in total. The first kappa shape index (κ1) is 13.9. The molecule has 1 aromatic heterocycles. The van der Waals surface area contributed by atoms with Gasteiger partial charge in [0, 0.05) is 0 Å². The number of anilines is 1. The number of carbonyl (C=O) groups is 2. The van der Waals surface area contributed by atoms with E-state index in [4.69, 9.17) is 0 Å². The molecule has 4 rings (SSSR count). The summed E-state index contributed by atoms with van der Waals surface area (Å²) < 4.78 is 1.48. The standard InChI is InChI=1S/C15H16N6O2/c22-13-15(7-2-1-3-8-15)17-14(23)21(13)12-6-4-5-11(9-12)20-10-16-18-19-20/h4-6,9-10H,1-3,7-8H2,(H,17,23). The fourth-order valence-electron chi connectivity index (χ4n) is 3.40. The highest BCUT2D eigenvalue weighted by atomic mass is 16.2. The average Bonchev–Trinajstić information content (AvgIpc) is 3.17. The van der Waals surface area contributed by atoms with Crippen LogP contribution in [0, 0.1) is 0 Å². The van der Waals surface area contributed by atoms with E-state index in [0.29, 0.717) is 24.2 Å². The van der Waals surface area contributed by atoms with Crippen molar-refractivity contribution in [2.75, 3.05) is 4.90 Å². The van der Waals surface area contributed by atoms with Crippen LogP contribution in [0.5, 0.6) is 0 Å². The Morgan fingerprint density at radius 3 is 2.61 bits per heavy atom. The topological polar surface area (TPSA) is 93.0 Å². The summed E-state index contributed by atoms with van der Waals surface area (Å²) in [4.78, 5) is 26.5. The molecule has 23 heavy (non-hydrogen) atoms. The van der Waals surface area contributed by atoms with Crippen molar-refractivity contribution in [2.45, 2.75) is 37.6 Å². The number of benzene rings is 1. The Morgan fingerprint density at radius 1 is 1.09 bits per heavy atom. The van der Waals surface area contributed by atoms with Crippen molar-refractivity contribution in [3.8, 4) is 5.69 Å². The molecule has 2 heterocycles. The van der Waals surface area contributed by atoms with Crippen LogP contribution in [0.3, 0.4) is 0 Å². The first-order chi connectivity index (χ1) is 11.2. The molecule has 1 saturated heterocycles. The minimum Gasteiger partial charge on any atom is -0.323 e. The summed E-state index contributed by atoms with van der Waals surface area (Å²) >= 11 is 0. The van der Waals surface area contributed by atoms with Crippen molar-refractivity contribution in [1.82, 2.24) is 25.5 Å². The molecule has 2 aromatic rings. The van der Waals surface area contributed by atoms with Gasteiger partial charge in [0.2, 0.25) is 0 Å². The third-order valence-electron chi connectivity index (χ3n) is 4.57. The molecule has 118 valence electrons. The third kappa shape index (κ3) is 2.18. The van der Waals surface area contributed by atoms with Crippen LogP contribution in [-0.4, -0.2) is 37.7 Å². The Labute approximate surface area is 132 Å². The largest absolute Gasteiger partial charge is 0.329 e. The Morgan fingerprint density at radius 2 is 1.87 bits per heavy atom. The highest BCUT2D eigenvalue weighted by Gasteiger charge is 2.51. The molecule has 1 N–H and O–H groups in total. The van der Waals surface area contributed by atoms with Crippen molar-refractivity contribution >= 4 is 17.6 Å². The first-order valence-corrected chi connectivity index (χ1v) is 7.70. The van der Waals surface area contributed by atoms with Gasteiger partial charge in [0.25, 0.3) is 5.91 Å². The lowest BCUT2D eigenvalue weighted by Crippen LogP contribution is -2.48. The van der Waals surface area contributed by atoms with Crippen molar-refractivity contribution in [3.63, 3.8) is 0 Å². The Hall–Kier alpha value is -2.77. The molecule has 1 saturated carbocycles. The Balaban J connectivity index is 1.69. The van der Waals surface area contributed by atoms with Crippen LogP contribution >= 0.6 is 0 Å². The quantitative estimate of drug-likeness (QED) is 0.847. The number of tetrazole rings is 1. The number of nitrogens with one attached hydrogen (secondary N) is 1. The van der Waals surface area contributed by atoms with Gasteiger partial charge in [0.1, 0.15) is 11.9 Å². The SMILES string of the molecule is O=C1NC2(CCCCC2)C(=O)N1c1cccc(-n2cnnn2)c1. The van der Waals surface area contributed by atoms with Crippen LogP contribution in [0.4, 0.5) is 10.5 Å². The van der Waals surface area contributed by atoms with E-state index in [2.05, 4.69) is 20.8 Å². The molecule has 0 radical (unpaired) electrons. The van der Waals surface area contributed by atoms with Gasteiger partial charge in [-0.3, -0.25) is 4.79 Å². The predicted molar refractivity (Wildman–Crippen MR) is 81.0 cm³/mol. The lowest BCUT2D eigenvalue weighted by atomic mass is 9.82. The monoisotopic (exact) mass is 312 g/mol. The van der Waals surface area contributed by atoms with Crippen LogP contribution in [-0.2, 0) is 4.79 Å². The number of hydrogen-bond acceptors (Lipinski definition) is 5. The highest BCUT2D eigenvalue weighted by molar-refractivity contribution is 6.23.